The lowest BCUT2D eigenvalue weighted by Gasteiger charge is -2.23. The number of amides is 1. The molecule has 1 fully saturated rings. The third-order valence-electron chi connectivity index (χ3n) is 4.90. The SMILES string of the molecule is COc1ccc2c(OC3CCCCC3)c(C(=O)NCc3ccco3)sc2c1. The Morgan fingerprint density at radius 1 is 1.26 bits per heavy atom. The van der Waals surface area contributed by atoms with Crippen LogP contribution < -0.4 is 14.8 Å². The van der Waals surface area contributed by atoms with Gasteiger partial charge in [0.2, 0.25) is 0 Å². The molecular formula is C21H23NO4S. The topological polar surface area (TPSA) is 60.7 Å². The molecule has 1 aromatic carbocycles. The van der Waals surface area contributed by atoms with Gasteiger partial charge >= 0.3 is 0 Å². The lowest BCUT2D eigenvalue weighted by molar-refractivity contribution is 0.0942. The summed E-state index contributed by atoms with van der Waals surface area (Å²) in [6.45, 7) is 0.353. The number of hydrogen-bond acceptors (Lipinski definition) is 5. The monoisotopic (exact) mass is 385 g/mol. The predicted octanol–water partition coefficient (Wildman–Crippen LogP) is 5.14. The van der Waals surface area contributed by atoms with Gasteiger partial charge in [0.25, 0.3) is 5.91 Å². The molecule has 0 bridgehead atoms. The van der Waals surface area contributed by atoms with Crippen LogP contribution in [-0.4, -0.2) is 19.1 Å². The molecule has 0 saturated heterocycles. The molecule has 3 aromatic rings. The second-order valence-electron chi connectivity index (χ2n) is 6.76. The fraction of sp³-hybridized carbons (Fsp3) is 0.381. The van der Waals surface area contributed by atoms with Gasteiger partial charge in [-0.25, -0.2) is 0 Å². The number of hydrogen-bond donors (Lipinski definition) is 1. The highest BCUT2D eigenvalue weighted by Gasteiger charge is 2.24. The number of nitrogens with one attached hydrogen (secondary N) is 1. The van der Waals surface area contributed by atoms with E-state index in [0.717, 1.165) is 34.4 Å². The van der Waals surface area contributed by atoms with E-state index in [0.29, 0.717) is 17.2 Å². The van der Waals surface area contributed by atoms with Crippen molar-refractivity contribution in [3.63, 3.8) is 0 Å². The molecule has 1 aliphatic carbocycles. The van der Waals surface area contributed by atoms with E-state index in [2.05, 4.69) is 5.32 Å². The van der Waals surface area contributed by atoms with Crippen molar-refractivity contribution in [1.82, 2.24) is 5.32 Å². The molecule has 4 rings (SSSR count). The average Bonchev–Trinajstić information content (AvgIpc) is 3.35. The van der Waals surface area contributed by atoms with Crippen molar-refractivity contribution in [3.8, 4) is 11.5 Å². The summed E-state index contributed by atoms with van der Waals surface area (Å²) in [7, 11) is 1.64. The fourth-order valence-electron chi connectivity index (χ4n) is 3.46. The van der Waals surface area contributed by atoms with Gasteiger partial charge in [0.15, 0.2) is 5.75 Å². The summed E-state index contributed by atoms with van der Waals surface area (Å²) in [6, 6.07) is 9.50. The normalized spacial score (nSPS) is 15.0. The Morgan fingerprint density at radius 3 is 2.85 bits per heavy atom. The maximum absolute atomic E-state index is 12.9. The van der Waals surface area contributed by atoms with Gasteiger partial charge in [0, 0.05) is 10.1 Å². The van der Waals surface area contributed by atoms with E-state index in [9.17, 15) is 4.79 Å². The van der Waals surface area contributed by atoms with Crippen LogP contribution in [0.15, 0.2) is 41.0 Å². The molecular weight excluding hydrogens is 362 g/mol. The van der Waals surface area contributed by atoms with Gasteiger partial charge in [-0.3, -0.25) is 4.79 Å². The number of furan rings is 1. The minimum Gasteiger partial charge on any atom is -0.497 e. The quantitative estimate of drug-likeness (QED) is 0.638. The number of ether oxygens (including phenoxy) is 2. The van der Waals surface area contributed by atoms with Crippen LogP contribution in [0.2, 0.25) is 0 Å². The third-order valence-corrected chi connectivity index (χ3v) is 6.03. The summed E-state index contributed by atoms with van der Waals surface area (Å²) in [5.41, 5.74) is 0. The summed E-state index contributed by atoms with van der Waals surface area (Å²) in [5.74, 6) is 2.05. The summed E-state index contributed by atoms with van der Waals surface area (Å²) >= 11 is 1.44. The number of rotatable bonds is 6. The van der Waals surface area contributed by atoms with Gasteiger partial charge in [-0.2, -0.15) is 0 Å². The maximum atomic E-state index is 12.9. The number of fused-ring (bicyclic) bond motifs is 1. The van der Waals surface area contributed by atoms with Crippen LogP contribution in [-0.2, 0) is 6.54 Å². The predicted molar refractivity (Wildman–Crippen MR) is 106 cm³/mol. The molecule has 1 amide bonds. The lowest BCUT2D eigenvalue weighted by atomic mass is 9.98. The van der Waals surface area contributed by atoms with Crippen LogP contribution in [0.25, 0.3) is 10.1 Å². The zero-order valence-electron chi connectivity index (χ0n) is 15.3. The van der Waals surface area contributed by atoms with Crippen LogP contribution >= 0.6 is 11.3 Å². The Labute approximate surface area is 162 Å². The highest BCUT2D eigenvalue weighted by Crippen LogP contribution is 2.41. The van der Waals surface area contributed by atoms with Gasteiger partial charge in [-0.1, -0.05) is 6.42 Å². The summed E-state index contributed by atoms with van der Waals surface area (Å²) in [6.07, 6.45) is 7.49. The molecule has 2 heterocycles. The smallest absolute Gasteiger partial charge is 0.265 e. The number of carbonyl (C=O) groups is 1. The number of benzene rings is 1. The molecule has 0 atom stereocenters. The molecule has 0 unspecified atom stereocenters. The van der Waals surface area contributed by atoms with Crippen LogP contribution in [0.1, 0.15) is 47.5 Å². The van der Waals surface area contributed by atoms with Crippen LogP contribution in [0.3, 0.4) is 0 Å². The molecule has 1 N–H and O–H groups in total. The fourth-order valence-corrected chi connectivity index (χ4v) is 4.54. The van der Waals surface area contributed by atoms with Crippen molar-refractivity contribution in [2.45, 2.75) is 44.8 Å². The zero-order valence-corrected chi connectivity index (χ0v) is 16.1. The second-order valence-corrected chi connectivity index (χ2v) is 7.81. The molecule has 0 radical (unpaired) electrons. The molecule has 1 aliphatic rings. The second kappa shape index (κ2) is 8.05. The number of methoxy groups -OCH3 is 1. The van der Waals surface area contributed by atoms with Gasteiger partial charge in [-0.15, -0.1) is 11.3 Å². The van der Waals surface area contributed by atoms with Gasteiger partial charge in [0.1, 0.15) is 16.4 Å². The van der Waals surface area contributed by atoms with E-state index < -0.39 is 0 Å². The number of carbonyl (C=O) groups excluding carboxylic acids is 1. The average molecular weight is 385 g/mol. The molecule has 0 spiro atoms. The zero-order chi connectivity index (χ0) is 18.6. The van der Waals surface area contributed by atoms with E-state index in [4.69, 9.17) is 13.9 Å². The van der Waals surface area contributed by atoms with E-state index in [1.54, 1.807) is 13.4 Å². The molecule has 0 aliphatic heterocycles. The van der Waals surface area contributed by atoms with E-state index in [1.165, 1.54) is 30.6 Å². The van der Waals surface area contributed by atoms with Crippen LogP contribution in [0.5, 0.6) is 11.5 Å². The van der Waals surface area contributed by atoms with Crippen molar-refractivity contribution in [2.24, 2.45) is 0 Å². The minimum absolute atomic E-state index is 0.141. The third kappa shape index (κ3) is 3.95. The molecule has 1 saturated carbocycles. The largest absolute Gasteiger partial charge is 0.497 e. The highest BCUT2D eigenvalue weighted by molar-refractivity contribution is 7.21. The number of thiophene rings is 1. The summed E-state index contributed by atoms with van der Waals surface area (Å²) < 4.78 is 18.0. The maximum Gasteiger partial charge on any atom is 0.265 e. The van der Waals surface area contributed by atoms with Crippen molar-refractivity contribution >= 4 is 27.3 Å². The van der Waals surface area contributed by atoms with Crippen molar-refractivity contribution < 1.29 is 18.7 Å². The molecule has 142 valence electrons. The molecule has 5 nitrogen and oxygen atoms in total. The first-order valence-electron chi connectivity index (χ1n) is 9.32. The molecule has 2 aromatic heterocycles. The summed E-state index contributed by atoms with van der Waals surface area (Å²) in [4.78, 5) is 13.5. The molecule has 27 heavy (non-hydrogen) atoms. The first-order valence-corrected chi connectivity index (χ1v) is 10.1. The lowest BCUT2D eigenvalue weighted by Crippen LogP contribution is -2.24. The Bertz CT molecular complexity index is 910. The Hall–Kier alpha value is -2.47. The van der Waals surface area contributed by atoms with Crippen molar-refractivity contribution in [3.05, 3.63) is 47.2 Å². The first-order chi connectivity index (χ1) is 13.2. The van der Waals surface area contributed by atoms with Crippen LogP contribution in [0.4, 0.5) is 0 Å². The van der Waals surface area contributed by atoms with Gasteiger partial charge in [-0.05, 0) is 56.0 Å². The standard InChI is InChI=1S/C21H23NO4S/c1-24-15-9-10-17-18(12-15)27-20(19(17)26-14-6-3-2-4-7-14)21(23)22-13-16-8-5-11-25-16/h5,8-12,14H,2-4,6-7,13H2,1H3,(H,22,23). The van der Waals surface area contributed by atoms with Gasteiger partial charge < -0.3 is 19.2 Å². The first kappa shape index (κ1) is 17.9. The van der Waals surface area contributed by atoms with E-state index >= 15 is 0 Å². The van der Waals surface area contributed by atoms with Crippen molar-refractivity contribution in [2.75, 3.05) is 7.11 Å². The van der Waals surface area contributed by atoms with Crippen molar-refractivity contribution in [1.29, 1.82) is 0 Å². The Kier molecular flexibility index (Phi) is 5.34. The summed E-state index contributed by atoms with van der Waals surface area (Å²) in [5, 5.41) is 3.90. The Balaban J connectivity index is 1.63. The minimum atomic E-state index is -0.141. The van der Waals surface area contributed by atoms with E-state index in [-0.39, 0.29) is 12.0 Å². The van der Waals surface area contributed by atoms with E-state index in [1.807, 2.05) is 30.3 Å². The van der Waals surface area contributed by atoms with Gasteiger partial charge in [0.05, 0.1) is 26.0 Å². The van der Waals surface area contributed by atoms with Crippen LogP contribution in [0, 0.1) is 0 Å². The highest BCUT2D eigenvalue weighted by atomic mass is 32.1. The Morgan fingerprint density at radius 2 is 2.11 bits per heavy atom. The molecule has 6 heteroatoms.